The molecule has 3 unspecified atom stereocenters. The van der Waals surface area contributed by atoms with Crippen LogP contribution < -0.4 is 5.73 Å². The summed E-state index contributed by atoms with van der Waals surface area (Å²) in [6, 6.07) is 1.87. The van der Waals surface area contributed by atoms with Gasteiger partial charge in [-0.25, -0.2) is 0 Å². The van der Waals surface area contributed by atoms with Crippen LogP contribution in [0.15, 0.2) is 6.07 Å². The van der Waals surface area contributed by atoms with Gasteiger partial charge in [-0.15, -0.1) is 11.3 Å². The van der Waals surface area contributed by atoms with Gasteiger partial charge in [0.2, 0.25) is 0 Å². The highest BCUT2D eigenvalue weighted by molar-refractivity contribution is 7.12. The van der Waals surface area contributed by atoms with Crippen molar-refractivity contribution in [1.82, 2.24) is 0 Å². The van der Waals surface area contributed by atoms with E-state index < -0.39 is 0 Å². The number of fused-ring (bicyclic) bond motifs is 1. The molecular formula is C12H19NO2S. The van der Waals surface area contributed by atoms with Gasteiger partial charge in [-0.1, -0.05) is 6.92 Å². The van der Waals surface area contributed by atoms with Gasteiger partial charge in [0.05, 0.1) is 18.8 Å². The van der Waals surface area contributed by atoms with E-state index in [1.165, 1.54) is 16.9 Å². The maximum Gasteiger partial charge on any atom is 0.0832 e. The molecule has 3 nitrogen and oxygen atoms in total. The Hall–Kier alpha value is -0.420. The smallest absolute Gasteiger partial charge is 0.0832 e. The standard InChI is InChI=1S/C12H19NO2S/c1-7-3-4-10(15-2)8-5-11(9(13)6-14)16-12(7)8/h5,7,9-10,14H,3-4,6,13H2,1-2H3. The minimum atomic E-state index is -0.250. The Bertz CT molecular complexity index is 364. The molecule has 0 bridgehead atoms. The molecule has 0 saturated heterocycles. The molecule has 1 aliphatic rings. The van der Waals surface area contributed by atoms with Crippen molar-refractivity contribution in [2.75, 3.05) is 13.7 Å². The Morgan fingerprint density at radius 2 is 2.38 bits per heavy atom. The second kappa shape index (κ2) is 4.84. The topological polar surface area (TPSA) is 55.5 Å². The second-order valence-corrected chi connectivity index (χ2v) is 5.58. The summed E-state index contributed by atoms with van der Waals surface area (Å²) < 4.78 is 5.50. The molecular weight excluding hydrogens is 222 g/mol. The fourth-order valence-electron chi connectivity index (χ4n) is 2.28. The SMILES string of the molecule is COC1CCC(C)c2sc(C(N)CO)cc21. The summed E-state index contributed by atoms with van der Waals surface area (Å²) in [5, 5.41) is 9.09. The van der Waals surface area contributed by atoms with Crippen LogP contribution in [0.3, 0.4) is 0 Å². The molecule has 1 aliphatic carbocycles. The third-order valence-corrected chi connectivity index (χ3v) is 4.83. The third kappa shape index (κ3) is 2.02. The van der Waals surface area contributed by atoms with Gasteiger partial charge in [0.15, 0.2) is 0 Å². The minimum absolute atomic E-state index is 0.00538. The number of hydrogen-bond donors (Lipinski definition) is 2. The van der Waals surface area contributed by atoms with E-state index >= 15 is 0 Å². The molecule has 1 heterocycles. The van der Waals surface area contributed by atoms with E-state index in [4.69, 9.17) is 15.6 Å². The highest BCUT2D eigenvalue weighted by Crippen LogP contribution is 2.44. The zero-order valence-electron chi connectivity index (χ0n) is 9.77. The Morgan fingerprint density at radius 1 is 1.62 bits per heavy atom. The van der Waals surface area contributed by atoms with Crippen molar-refractivity contribution >= 4 is 11.3 Å². The van der Waals surface area contributed by atoms with Crippen molar-refractivity contribution in [1.29, 1.82) is 0 Å². The van der Waals surface area contributed by atoms with Gasteiger partial charge in [0.25, 0.3) is 0 Å². The zero-order valence-corrected chi connectivity index (χ0v) is 10.6. The van der Waals surface area contributed by atoms with Gasteiger partial charge < -0.3 is 15.6 Å². The maximum absolute atomic E-state index is 9.09. The molecule has 1 aromatic heterocycles. The molecule has 1 aromatic rings. The molecule has 0 fully saturated rings. The number of ether oxygens (including phenoxy) is 1. The maximum atomic E-state index is 9.09. The lowest BCUT2D eigenvalue weighted by Crippen LogP contribution is -2.13. The summed E-state index contributed by atoms with van der Waals surface area (Å²) in [6.45, 7) is 2.25. The number of nitrogens with two attached hydrogens (primary N) is 1. The normalized spacial score (nSPS) is 26.5. The molecule has 16 heavy (non-hydrogen) atoms. The number of methoxy groups -OCH3 is 1. The average molecular weight is 241 g/mol. The molecule has 0 spiro atoms. The third-order valence-electron chi connectivity index (χ3n) is 3.31. The monoisotopic (exact) mass is 241 g/mol. The van der Waals surface area contributed by atoms with E-state index in [2.05, 4.69) is 13.0 Å². The molecule has 3 N–H and O–H groups in total. The first-order valence-corrected chi connectivity index (χ1v) is 6.51. The molecule has 0 radical (unpaired) electrons. The predicted molar refractivity (Wildman–Crippen MR) is 65.7 cm³/mol. The van der Waals surface area contributed by atoms with Crippen LogP contribution in [0.25, 0.3) is 0 Å². The first-order valence-electron chi connectivity index (χ1n) is 5.70. The van der Waals surface area contributed by atoms with E-state index in [-0.39, 0.29) is 18.8 Å². The molecule has 3 atom stereocenters. The Morgan fingerprint density at radius 3 is 3.00 bits per heavy atom. The number of aliphatic hydroxyl groups excluding tert-OH is 1. The first kappa shape index (κ1) is 12.0. The second-order valence-electron chi connectivity index (χ2n) is 4.46. The lowest BCUT2D eigenvalue weighted by Gasteiger charge is -2.25. The van der Waals surface area contributed by atoms with E-state index in [0.717, 1.165) is 11.3 Å². The van der Waals surface area contributed by atoms with Crippen LogP contribution in [0, 0.1) is 0 Å². The van der Waals surface area contributed by atoms with Crippen LogP contribution in [-0.4, -0.2) is 18.8 Å². The average Bonchev–Trinajstić information content (AvgIpc) is 2.74. The van der Waals surface area contributed by atoms with Crippen LogP contribution in [0.4, 0.5) is 0 Å². The summed E-state index contributed by atoms with van der Waals surface area (Å²) in [5.41, 5.74) is 7.14. The molecule has 4 heteroatoms. The van der Waals surface area contributed by atoms with Gasteiger partial charge in [-0.2, -0.15) is 0 Å². The van der Waals surface area contributed by atoms with E-state index in [9.17, 15) is 0 Å². The van der Waals surface area contributed by atoms with E-state index in [1.54, 1.807) is 18.4 Å². The number of rotatable bonds is 3. The van der Waals surface area contributed by atoms with Crippen molar-refractivity contribution in [2.45, 2.75) is 37.8 Å². The first-order chi connectivity index (χ1) is 7.67. The molecule has 0 saturated carbocycles. The fraction of sp³-hybridized carbons (Fsp3) is 0.667. The van der Waals surface area contributed by atoms with Crippen molar-refractivity contribution in [3.05, 3.63) is 21.4 Å². The highest BCUT2D eigenvalue weighted by Gasteiger charge is 2.28. The van der Waals surface area contributed by atoms with Crippen LogP contribution in [-0.2, 0) is 4.74 Å². The van der Waals surface area contributed by atoms with Crippen molar-refractivity contribution < 1.29 is 9.84 Å². The van der Waals surface area contributed by atoms with Crippen LogP contribution >= 0.6 is 11.3 Å². The summed E-state index contributed by atoms with van der Waals surface area (Å²) in [5.74, 6) is 0.589. The molecule has 90 valence electrons. The quantitative estimate of drug-likeness (QED) is 0.854. The number of thiophene rings is 1. The Kier molecular flexibility index (Phi) is 3.64. The Balaban J connectivity index is 2.35. The lowest BCUT2D eigenvalue weighted by atomic mass is 9.88. The summed E-state index contributed by atoms with van der Waals surface area (Å²) in [4.78, 5) is 2.46. The fourth-order valence-corrected chi connectivity index (χ4v) is 3.57. The van der Waals surface area contributed by atoms with Gasteiger partial charge in [0.1, 0.15) is 0 Å². The van der Waals surface area contributed by atoms with E-state index in [1.807, 2.05) is 0 Å². The minimum Gasteiger partial charge on any atom is -0.394 e. The molecule has 2 rings (SSSR count). The van der Waals surface area contributed by atoms with Crippen molar-refractivity contribution in [2.24, 2.45) is 5.73 Å². The van der Waals surface area contributed by atoms with Crippen LogP contribution in [0.2, 0.25) is 0 Å². The van der Waals surface area contributed by atoms with E-state index in [0.29, 0.717) is 5.92 Å². The van der Waals surface area contributed by atoms with Gasteiger partial charge >= 0.3 is 0 Å². The summed E-state index contributed by atoms with van der Waals surface area (Å²) in [6.07, 6.45) is 2.46. The summed E-state index contributed by atoms with van der Waals surface area (Å²) in [7, 11) is 1.76. The molecule has 0 aliphatic heterocycles. The number of aliphatic hydroxyl groups is 1. The van der Waals surface area contributed by atoms with Crippen LogP contribution in [0.5, 0.6) is 0 Å². The molecule has 0 amide bonds. The zero-order chi connectivity index (χ0) is 11.7. The largest absolute Gasteiger partial charge is 0.394 e. The van der Waals surface area contributed by atoms with Crippen LogP contribution in [0.1, 0.15) is 53.1 Å². The number of hydrogen-bond acceptors (Lipinski definition) is 4. The highest BCUT2D eigenvalue weighted by atomic mass is 32.1. The Labute approximate surface area is 100 Å². The summed E-state index contributed by atoms with van der Waals surface area (Å²) >= 11 is 1.73. The van der Waals surface area contributed by atoms with Gasteiger partial charge in [-0.3, -0.25) is 0 Å². The van der Waals surface area contributed by atoms with Gasteiger partial charge in [-0.05, 0) is 30.4 Å². The van der Waals surface area contributed by atoms with Gasteiger partial charge in [0, 0.05) is 16.9 Å². The van der Waals surface area contributed by atoms with Crippen molar-refractivity contribution in [3.63, 3.8) is 0 Å². The molecule has 0 aromatic carbocycles. The van der Waals surface area contributed by atoms with Crippen molar-refractivity contribution in [3.8, 4) is 0 Å². The predicted octanol–water partition coefficient (Wildman–Crippen LogP) is 2.33. The lowest BCUT2D eigenvalue weighted by molar-refractivity contribution is 0.0859.